The van der Waals surface area contributed by atoms with Crippen LogP contribution in [-0.2, 0) is 23.7 Å². The molecule has 0 aromatic carbocycles. The molecule has 162 valence electrons. The second-order valence-corrected chi connectivity index (χ2v) is 7.52. The maximum Gasteiger partial charge on any atom is 0.515 e. The third kappa shape index (κ3) is 9.31. The Morgan fingerprint density at radius 3 is 2.28 bits per heavy atom. The van der Waals surface area contributed by atoms with Gasteiger partial charge in [-0.25, -0.2) is 9.78 Å². The van der Waals surface area contributed by atoms with Gasteiger partial charge < -0.3 is 28.8 Å². The number of rotatable bonds is 2. The van der Waals surface area contributed by atoms with E-state index in [2.05, 4.69) is 4.98 Å². The number of ketones is 1. The molecule has 4 heterocycles. The first-order valence-electron chi connectivity index (χ1n) is 9.57. The van der Waals surface area contributed by atoms with Crippen LogP contribution in [0.3, 0.4) is 0 Å². The van der Waals surface area contributed by atoms with Gasteiger partial charge in [0.05, 0.1) is 32.0 Å². The smallest absolute Gasteiger partial charge is 0.425 e. The molecule has 0 aliphatic carbocycles. The fourth-order valence-corrected chi connectivity index (χ4v) is 2.54. The molecule has 9 nitrogen and oxygen atoms in total. The van der Waals surface area contributed by atoms with Crippen molar-refractivity contribution >= 4 is 11.9 Å². The van der Waals surface area contributed by atoms with E-state index in [4.69, 9.17) is 28.8 Å². The second kappa shape index (κ2) is 11.2. The molecule has 0 bridgehead atoms. The largest absolute Gasteiger partial charge is 0.515 e. The Labute approximate surface area is 170 Å². The van der Waals surface area contributed by atoms with E-state index in [-0.39, 0.29) is 11.7 Å². The van der Waals surface area contributed by atoms with Crippen LogP contribution in [0.25, 0.3) is 0 Å². The second-order valence-electron chi connectivity index (χ2n) is 7.52. The predicted molar refractivity (Wildman–Crippen MR) is 102 cm³/mol. The first kappa shape index (κ1) is 23.2. The Balaban J connectivity index is 0.000000189. The molecule has 1 aromatic rings. The minimum absolute atomic E-state index is 0.231. The van der Waals surface area contributed by atoms with Gasteiger partial charge in [-0.05, 0) is 19.9 Å². The van der Waals surface area contributed by atoms with E-state index in [1.165, 1.54) is 0 Å². The summed E-state index contributed by atoms with van der Waals surface area (Å²) in [4.78, 5) is 25.4. The summed E-state index contributed by atoms with van der Waals surface area (Å²) < 4.78 is 24.9. The van der Waals surface area contributed by atoms with Gasteiger partial charge in [0.15, 0.2) is 5.78 Å². The van der Waals surface area contributed by atoms with E-state index in [9.17, 15) is 9.59 Å². The quantitative estimate of drug-likeness (QED) is 0.729. The minimum Gasteiger partial charge on any atom is -0.425 e. The summed E-state index contributed by atoms with van der Waals surface area (Å²) in [5.74, 6) is 0.463. The van der Waals surface area contributed by atoms with E-state index in [1.54, 1.807) is 31.3 Å². The van der Waals surface area contributed by atoms with Crippen LogP contribution in [0.15, 0.2) is 24.4 Å². The Morgan fingerprint density at radius 1 is 1.10 bits per heavy atom. The number of aromatic nitrogens is 1. The molecule has 1 N–H and O–H groups in total. The molecule has 1 aromatic heterocycles. The van der Waals surface area contributed by atoms with Crippen LogP contribution >= 0.6 is 0 Å². The number of hydrogen-bond acceptors (Lipinski definition) is 9. The van der Waals surface area contributed by atoms with E-state index < -0.39 is 17.4 Å². The molecule has 0 saturated carbocycles. The summed E-state index contributed by atoms with van der Waals surface area (Å²) in [7, 11) is 0. The topological polar surface area (TPSA) is 113 Å². The third-order valence-electron chi connectivity index (χ3n) is 4.32. The number of ether oxygens (including phenoxy) is 5. The highest BCUT2D eigenvalue weighted by molar-refractivity contribution is 5.81. The number of carbonyl (C=O) groups excluding carboxylic acids is 2. The lowest BCUT2D eigenvalue weighted by Gasteiger charge is -2.21. The summed E-state index contributed by atoms with van der Waals surface area (Å²) in [5.41, 5.74) is -1.11. The van der Waals surface area contributed by atoms with Crippen LogP contribution in [-0.4, -0.2) is 72.9 Å². The summed E-state index contributed by atoms with van der Waals surface area (Å²) in [6.07, 6.45) is 2.90. The molecule has 2 unspecified atom stereocenters. The normalized spacial score (nSPS) is 28.0. The molecule has 0 spiro atoms. The average molecular weight is 411 g/mol. The Kier molecular flexibility index (Phi) is 8.97. The van der Waals surface area contributed by atoms with Gasteiger partial charge in [-0.15, -0.1) is 0 Å². The zero-order valence-corrected chi connectivity index (χ0v) is 16.9. The van der Waals surface area contributed by atoms with Gasteiger partial charge >= 0.3 is 6.16 Å². The van der Waals surface area contributed by atoms with E-state index >= 15 is 0 Å². The Hall–Kier alpha value is -2.07. The molecule has 4 rings (SSSR count). The number of carbonyl (C=O) groups is 2. The highest BCUT2D eigenvalue weighted by Crippen LogP contribution is 2.23. The Bertz CT molecular complexity index is 627. The summed E-state index contributed by atoms with van der Waals surface area (Å²) >= 11 is 0. The highest BCUT2D eigenvalue weighted by Gasteiger charge is 2.34. The molecular formula is C20H29NO8. The average Bonchev–Trinajstić information content (AvgIpc) is 3.40. The van der Waals surface area contributed by atoms with Gasteiger partial charge in [-0.3, -0.25) is 4.79 Å². The number of hydrogen-bond donors (Lipinski definition) is 1. The van der Waals surface area contributed by atoms with Gasteiger partial charge in [-0.2, -0.15) is 0 Å². The zero-order valence-electron chi connectivity index (χ0n) is 16.9. The van der Waals surface area contributed by atoms with Crippen molar-refractivity contribution in [2.24, 2.45) is 0 Å². The van der Waals surface area contributed by atoms with Crippen LogP contribution in [0, 0.1) is 0 Å². The van der Waals surface area contributed by atoms with E-state index in [1.807, 2.05) is 6.92 Å². The third-order valence-corrected chi connectivity index (χ3v) is 4.32. The zero-order chi connectivity index (χ0) is 21.2. The van der Waals surface area contributed by atoms with Crippen molar-refractivity contribution in [3.05, 3.63) is 24.4 Å². The molecule has 3 fully saturated rings. The fourth-order valence-electron chi connectivity index (χ4n) is 2.54. The molecule has 0 amide bonds. The van der Waals surface area contributed by atoms with Crippen molar-refractivity contribution in [2.45, 2.75) is 44.3 Å². The number of pyridine rings is 1. The molecule has 0 radical (unpaired) electrons. The first-order chi connectivity index (χ1) is 13.8. The maximum atomic E-state index is 11.4. The first-order valence-corrected chi connectivity index (χ1v) is 9.57. The monoisotopic (exact) mass is 411 g/mol. The van der Waals surface area contributed by atoms with Gasteiger partial charge in [0.1, 0.15) is 12.2 Å². The molecular weight excluding hydrogens is 382 g/mol. The van der Waals surface area contributed by atoms with E-state index in [0.717, 1.165) is 6.42 Å². The van der Waals surface area contributed by atoms with Gasteiger partial charge in [-0.1, -0.05) is 6.07 Å². The number of aliphatic hydroxyl groups is 1. The van der Waals surface area contributed by atoms with Crippen LogP contribution < -0.4 is 4.74 Å². The summed E-state index contributed by atoms with van der Waals surface area (Å²) in [6.45, 7) is 6.83. The molecule has 9 heteroatoms. The molecule has 2 atom stereocenters. The molecule has 3 aliphatic heterocycles. The molecule has 29 heavy (non-hydrogen) atoms. The summed E-state index contributed by atoms with van der Waals surface area (Å²) in [5, 5.41) is 9.07. The SMILES string of the molecule is CC1(O)CCOC1.CC1(OC(=O)Oc2ccccn2)CCOC1.O=C1CCOC1. The lowest BCUT2D eigenvalue weighted by Crippen LogP contribution is -2.33. The van der Waals surface area contributed by atoms with E-state index in [0.29, 0.717) is 52.5 Å². The van der Waals surface area contributed by atoms with Crippen LogP contribution in [0.2, 0.25) is 0 Å². The van der Waals surface area contributed by atoms with Crippen molar-refractivity contribution < 1.29 is 38.4 Å². The van der Waals surface area contributed by atoms with Crippen molar-refractivity contribution in [3.8, 4) is 5.88 Å². The van der Waals surface area contributed by atoms with Crippen LogP contribution in [0.1, 0.15) is 33.1 Å². The van der Waals surface area contributed by atoms with Gasteiger partial charge in [0.25, 0.3) is 0 Å². The van der Waals surface area contributed by atoms with Crippen LogP contribution in [0.5, 0.6) is 5.88 Å². The van der Waals surface area contributed by atoms with Gasteiger partial charge in [0.2, 0.25) is 5.88 Å². The lowest BCUT2D eigenvalue weighted by atomic mass is 10.1. The minimum atomic E-state index is -0.744. The fraction of sp³-hybridized carbons (Fsp3) is 0.650. The maximum absolute atomic E-state index is 11.4. The number of Topliss-reactive ketones (excluding diaryl/α,β-unsaturated/α-hetero) is 1. The molecule has 3 aliphatic rings. The standard InChI is InChI=1S/C11H13NO4.C5H10O2.C4H6O2/c1-11(5-7-14-8-11)16-10(13)15-9-4-2-3-6-12-9;1-5(6)2-3-7-4-5;5-4-1-2-6-3-4/h2-4,6H,5,7-8H2,1H3;6H,2-4H2,1H3;1-3H2. The van der Waals surface area contributed by atoms with Crippen LogP contribution in [0.4, 0.5) is 4.79 Å². The van der Waals surface area contributed by atoms with Crippen molar-refractivity contribution in [2.75, 3.05) is 39.6 Å². The summed E-state index contributed by atoms with van der Waals surface area (Å²) in [6, 6.07) is 5.06. The van der Waals surface area contributed by atoms with Crippen molar-refractivity contribution in [1.29, 1.82) is 0 Å². The number of nitrogens with zero attached hydrogens (tertiary/aromatic N) is 1. The molecule has 3 saturated heterocycles. The van der Waals surface area contributed by atoms with Gasteiger partial charge in [0, 0.05) is 38.1 Å². The van der Waals surface area contributed by atoms with Crippen molar-refractivity contribution in [3.63, 3.8) is 0 Å². The predicted octanol–water partition coefficient (Wildman–Crippen LogP) is 1.91. The van der Waals surface area contributed by atoms with Crippen molar-refractivity contribution in [1.82, 2.24) is 4.98 Å². The highest BCUT2D eigenvalue weighted by atomic mass is 16.7. The lowest BCUT2D eigenvalue weighted by molar-refractivity contribution is -0.117. The Morgan fingerprint density at radius 2 is 1.86 bits per heavy atom.